The van der Waals surface area contributed by atoms with Crippen molar-refractivity contribution in [2.75, 3.05) is 13.2 Å². The maximum Gasteiger partial charge on any atom is 0.150 e. The number of aliphatic hydroxyl groups is 1. The molecule has 0 radical (unpaired) electrons. The third-order valence-electron chi connectivity index (χ3n) is 2.41. The van der Waals surface area contributed by atoms with E-state index in [1.807, 2.05) is 0 Å². The van der Waals surface area contributed by atoms with E-state index in [0.717, 1.165) is 5.76 Å². The van der Waals surface area contributed by atoms with Crippen LogP contribution in [0.2, 0.25) is 5.02 Å². The standard InChI is InChI=1S/C13H15ClN2O3/c14-10-2-1-3-12(6-10)18-9-11(17)7-15-8-13-4-5-16-19-13/h1-6,11,15,17H,7-9H2. The van der Waals surface area contributed by atoms with Gasteiger partial charge in [-0.15, -0.1) is 0 Å². The molecule has 0 saturated carbocycles. The Kier molecular flexibility index (Phi) is 5.20. The molecule has 2 N–H and O–H groups in total. The van der Waals surface area contributed by atoms with E-state index in [2.05, 4.69) is 10.5 Å². The number of benzene rings is 1. The first kappa shape index (κ1) is 13.9. The molecule has 6 heteroatoms. The predicted octanol–water partition coefficient (Wildman–Crippen LogP) is 1.86. The molecule has 0 aliphatic rings. The third-order valence-corrected chi connectivity index (χ3v) is 2.64. The molecule has 1 aromatic carbocycles. The summed E-state index contributed by atoms with van der Waals surface area (Å²) in [6.07, 6.45) is 0.970. The molecule has 1 unspecified atom stereocenters. The van der Waals surface area contributed by atoms with Crippen molar-refractivity contribution in [1.29, 1.82) is 0 Å². The van der Waals surface area contributed by atoms with Gasteiger partial charge < -0.3 is 19.7 Å². The molecule has 0 aliphatic carbocycles. The summed E-state index contributed by atoms with van der Waals surface area (Å²) >= 11 is 5.83. The lowest BCUT2D eigenvalue weighted by Gasteiger charge is -2.12. The van der Waals surface area contributed by atoms with E-state index in [9.17, 15) is 5.11 Å². The SMILES string of the molecule is OC(CNCc1ccno1)COc1cccc(Cl)c1. The highest BCUT2D eigenvalue weighted by Gasteiger charge is 2.06. The van der Waals surface area contributed by atoms with Gasteiger partial charge in [-0.2, -0.15) is 0 Å². The van der Waals surface area contributed by atoms with Crippen molar-refractivity contribution in [3.8, 4) is 5.75 Å². The fourth-order valence-electron chi connectivity index (χ4n) is 1.50. The number of ether oxygens (including phenoxy) is 1. The first-order valence-corrected chi connectivity index (χ1v) is 6.28. The summed E-state index contributed by atoms with van der Waals surface area (Å²) in [5.74, 6) is 1.37. The molecule has 1 heterocycles. The second-order valence-electron chi connectivity index (χ2n) is 4.03. The minimum atomic E-state index is -0.609. The Morgan fingerprint density at radius 2 is 2.32 bits per heavy atom. The largest absolute Gasteiger partial charge is 0.491 e. The number of aliphatic hydroxyl groups excluding tert-OH is 1. The van der Waals surface area contributed by atoms with Crippen molar-refractivity contribution in [1.82, 2.24) is 10.5 Å². The lowest BCUT2D eigenvalue weighted by Crippen LogP contribution is -2.31. The molecule has 1 aromatic heterocycles. The fourth-order valence-corrected chi connectivity index (χ4v) is 1.68. The van der Waals surface area contributed by atoms with E-state index in [1.165, 1.54) is 0 Å². The zero-order chi connectivity index (χ0) is 13.5. The predicted molar refractivity (Wildman–Crippen MR) is 71.2 cm³/mol. The molecule has 0 aliphatic heterocycles. The van der Waals surface area contributed by atoms with Crippen LogP contribution in [0, 0.1) is 0 Å². The van der Waals surface area contributed by atoms with Gasteiger partial charge in [0.25, 0.3) is 0 Å². The van der Waals surface area contributed by atoms with Crippen LogP contribution in [0.3, 0.4) is 0 Å². The Balaban J connectivity index is 1.65. The Labute approximate surface area is 116 Å². The number of rotatable bonds is 7. The van der Waals surface area contributed by atoms with E-state index in [4.69, 9.17) is 20.9 Å². The number of halogens is 1. The van der Waals surface area contributed by atoms with Crippen molar-refractivity contribution in [3.05, 3.63) is 47.3 Å². The summed E-state index contributed by atoms with van der Waals surface area (Å²) in [7, 11) is 0. The summed E-state index contributed by atoms with van der Waals surface area (Å²) in [6.45, 7) is 1.12. The molecular formula is C13H15ClN2O3. The van der Waals surface area contributed by atoms with Crippen LogP contribution in [0.25, 0.3) is 0 Å². The van der Waals surface area contributed by atoms with Gasteiger partial charge in [0.1, 0.15) is 24.2 Å². The minimum absolute atomic E-state index is 0.198. The van der Waals surface area contributed by atoms with Gasteiger partial charge in [0.05, 0.1) is 12.7 Å². The Morgan fingerprint density at radius 3 is 3.05 bits per heavy atom. The number of aromatic nitrogens is 1. The van der Waals surface area contributed by atoms with Crippen LogP contribution in [-0.2, 0) is 6.54 Å². The van der Waals surface area contributed by atoms with Crippen LogP contribution in [0.15, 0.2) is 41.1 Å². The summed E-state index contributed by atoms with van der Waals surface area (Å²) in [6, 6.07) is 8.83. The van der Waals surface area contributed by atoms with Crippen molar-refractivity contribution in [2.45, 2.75) is 12.6 Å². The van der Waals surface area contributed by atoms with Gasteiger partial charge >= 0.3 is 0 Å². The highest BCUT2D eigenvalue weighted by Crippen LogP contribution is 2.17. The topological polar surface area (TPSA) is 67.5 Å². The van der Waals surface area contributed by atoms with Crippen molar-refractivity contribution < 1.29 is 14.4 Å². The fraction of sp³-hybridized carbons (Fsp3) is 0.308. The minimum Gasteiger partial charge on any atom is -0.491 e. The molecule has 2 aromatic rings. The van der Waals surface area contributed by atoms with Crippen molar-refractivity contribution in [2.24, 2.45) is 0 Å². The second kappa shape index (κ2) is 7.13. The van der Waals surface area contributed by atoms with E-state index >= 15 is 0 Å². The molecular weight excluding hydrogens is 268 g/mol. The Hall–Kier alpha value is -1.56. The van der Waals surface area contributed by atoms with Crippen LogP contribution in [0.1, 0.15) is 5.76 Å². The number of nitrogens with one attached hydrogen (secondary N) is 1. The quantitative estimate of drug-likeness (QED) is 0.811. The van der Waals surface area contributed by atoms with E-state index in [-0.39, 0.29) is 6.61 Å². The number of nitrogens with zero attached hydrogens (tertiary/aromatic N) is 1. The third kappa shape index (κ3) is 4.90. The summed E-state index contributed by atoms with van der Waals surface area (Å²) in [5.41, 5.74) is 0. The number of hydrogen-bond acceptors (Lipinski definition) is 5. The second-order valence-corrected chi connectivity index (χ2v) is 4.47. The first-order chi connectivity index (χ1) is 9.24. The lowest BCUT2D eigenvalue weighted by molar-refractivity contribution is 0.105. The van der Waals surface area contributed by atoms with Crippen LogP contribution >= 0.6 is 11.6 Å². The van der Waals surface area contributed by atoms with Crippen LogP contribution in [0.5, 0.6) is 5.75 Å². The zero-order valence-electron chi connectivity index (χ0n) is 10.3. The molecule has 1 atom stereocenters. The average molecular weight is 283 g/mol. The van der Waals surface area contributed by atoms with Crippen molar-refractivity contribution in [3.63, 3.8) is 0 Å². The molecule has 0 fully saturated rings. The lowest BCUT2D eigenvalue weighted by atomic mass is 10.3. The zero-order valence-corrected chi connectivity index (χ0v) is 11.0. The van der Waals surface area contributed by atoms with E-state index in [0.29, 0.717) is 23.9 Å². The average Bonchev–Trinajstić information content (AvgIpc) is 2.90. The van der Waals surface area contributed by atoms with Crippen molar-refractivity contribution >= 4 is 11.6 Å². The summed E-state index contributed by atoms with van der Waals surface area (Å²) in [4.78, 5) is 0. The van der Waals surface area contributed by atoms with Gasteiger partial charge in [0.2, 0.25) is 0 Å². The number of hydrogen-bond donors (Lipinski definition) is 2. The monoisotopic (exact) mass is 282 g/mol. The molecule has 5 nitrogen and oxygen atoms in total. The normalized spacial score (nSPS) is 12.3. The van der Waals surface area contributed by atoms with Crippen LogP contribution < -0.4 is 10.1 Å². The maximum absolute atomic E-state index is 9.74. The highest BCUT2D eigenvalue weighted by molar-refractivity contribution is 6.30. The van der Waals surface area contributed by atoms with E-state index < -0.39 is 6.10 Å². The van der Waals surface area contributed by atoms with Gasteiger partial charge in [-0.1, -0.05) is 22.8 Å². The molecule has 2 rings (SSSR count). The first-order valence-electron chi connectivity index (χ1n) is 5.91. The Morgan fingerprint density at radius 1 is 1.42 bits per heavy atom. The molecule has 102 valence electrons. The summed E-state index contributed by atoms with van der Waals surface area (Å²) < 4.78 is 10.3. The van der Waals surface area contributed by atoms with Crippen LogP contribution in [-0.4, -0.2) is 29.5 Å². The van der Waals surface area contributed by atoms with Gasteiger partial charge in [0, 0.05) is 17.6 Å². The van der Waals surface area contributed by atoms with Gasteiger partial charge in [-0.25, -0.2) is 0 Å². The van der Waals surface area contributed by atoms with Gasteiger partial charge in [-0.05, 0) is 18.2 Å². The highest BCUT2D eigenvalue weighted by atomic mass is 35.5. The van der Waals surface area contributed by atoms with Crippen LogP contribution in [0.4, 0.5) is 0 Å². The smallest absolute Gasteiger partial charge is 0.150 e. The molecule has 19 heavy (non-hydrogen) atoms. The van der Waals surface area contributed by atoms with E-state index in [1.54, 1.807) is 36.5 Å². The molecule has 0 spiro atoms. The molecule has 0 amide bonds. The molecule has 0 bridgehead atoms. The van der Waals surface area contributed by atoms with Gasteiger partial charge in [0.15, 0.2) is 0 Å². The maximum atomic E-state index is 9.74. The van der Waals surface area contributed by atoms with Gasteiger partial charge in [-0.3, -0.25) is 0 Å². The Bertz CT molecular complexity index is 490. The summed E-state index contributed by atoms with van der Waals surface area (Å²) in [5, 5.41) is 17.0. The molecule has 0 saturated heterocycles.